The molecule has 23 heavy (non-hydrogen) atoms. The lowest BCUT2D eigenvalue weighted by Gasteiger charge is -2.17. The molecule has 2 rings (SSSR count). The maximum atomic E-state index is 12.2. The van der Waals surface area contributed by atoms with Crippen molar-refractivity contribution >= 4 is 11.6 Å². The molecule has 9 heteroatoms. The van der Waals surface area contributed by atoms with Gasteiger partial charge in [0, 0.05) is 24.5 Å². The summed E-state index contributed by atoms with van der Waals surface area (Å²) in [4.78, 5) is 18.2. The van der Waals surface area contributed by atoms with Crippen LogP contribution in [0.4, 0.5) is 13.2 Å². The average molecular weight is 329 g/mol. The van der Waals surface area contributed by atoms with Crippen LogP contribution in [-0.2, 0) is 6.54 Å². The fourth-order valence-corrected chi connectivity index (χ4v) is 2.14. The SMILES string of the molecule is CCN(CC)Cc1cnc2c(C(=O)NCC(F)(F)F)cnn2c1. The molecule has 2 heterocycles. The van der Waals surface area contributed by atoms with E-state index in [0.29, 0.717) is 6.54 Å². The first-order valence-corrected chi connectivity index (χ1v) is 7.23. The molecule has 2 aromatic rings. The lowest BCUT2D eigenvalue weighted by molar-refractivity contribution is -0.123. The zero-order valence-electron chi connectivity index (χ0n) is 12.9. The van der Waals surface area contributed by atoms with Crippen molar-refractivity contribution in [1.29, 1.82) is 0 Å². The van der Waals surface area contributed by atoms with Crippen molar-refractivity contribution in [2.75, 3.05) is 19.6 Å². The van der Waals surface area contributed by atoms with Crippen LogP contribution in [0.25, 0.3) is 5.65 Å². The van der Waals surface area contributed by atoms with E-state index in [4.69, 9.17) is 0 Å². The molecule has 0 saturated heterocycles. The fraction of sp³-hybridized carbons (Fsp3) is 0.500. The summed E-state index contributed by atoms with van der Waals surface area (Å²) in [6.07, 6.45) is 0.0925. The third-order valence-corrected chi connectivity index (χ3v) is 3.40. The second kappa shape index (κ2) is 6.95. The molecular weight excluding hydrogens is 311 g/mol. The number of halogens is 3. The topological polar surface area (TPSA) is 62.5 Å². The van der Waals surface area contributed by atoms with Gasteiger partial charge in [0.15, 0.2) is 5.65 Å². The van der Waals surface area contributed by atoms with Crippen LogP contribution in [0.1, 0.15) is 29.8 Å². The number of alkyl halides is 3. The second-order valence-corrected chi connectivity index (χ2v) is 5.05. The predicted octanol–water partition coefficient (Wildman–Crippen LogP) is 1.86. The summed E-state index contributed by atoms with van der Waals surface area (Å²) < 4.78 is 37.9. The third-order valence-electron chi connectivity index (χ3n) is 3.40. The minimum absolute atomic E-state index is 0.0173. The van der Waals surface area contributed by atoms with Crippen molar-refractivity contribution in [3.05, 3.63) is 29.7 Å². The van der Waals surface area contributed by atoms with Crippen molar-refractivity contribution in [2.45, 2.75) is 26.6 Å². The highest BCUT2D eigenvalue weighted by Crippen LogP contribution is 2.14. The summed E-state index contributed by atoms with van der Waals surface area (Å²) >= 11 is 0. The molecule has 126 valence electrons. The quantitative estimate of drug-likeness (QED) is 0.879. The van der Waals surface area contributed by atoms with Crippen LogP contribution in [0.2, 0.25) is 0 Å². The fourth-order valence-electron chi connectivity index (χ4n) is 2.14. The van der Waals surface area contributed by atoms with E-state index in [0.717, 1.165) is 18.7 Å². The highest BCUT2D eigenvalue weighted by atomic mass is 19.4. The minimum atomic E-state index is -4.46. The Bertz CT molecular complexity index is 679. The molecule has 0 aliphatic carbocycles. The van der Waals surface area contributed by atoms with E-state index < -0.39 is 18.6 Å². The van der Waals surface area contributed by atoms with Crippen LogP contribution in [0, 0.1) is 0 Å². The second-order valence-electron chi connectivity index (χ2n) is 5.05. The summed E-state index contributed by atoms with van der Waals surface area (Å²) in [7, 11) is 0. The molecule has 1 amide bonds. The van der Waals surface area contributed by atoms with Crippen LogP contribution in [0.15, 0.2) is 18.6 Å². The molecule has 0 bridgehead atoms. The first kappa shape index (κ1) is 17.2. The van der Waals surface area contributed by atoms with E-state index >= 15 is 0 Å². The largest absolute Gasteiger partial charge is 0.405 e. The van der Waals surface area contributed by atoms with E-state index in [9.17, 15) is 18.0 Å². The molecule has 0 aliphatic rings. The van der Waals surface area contributed by atoms with Gasteiger partial charge in [-0.15, -0.1) is 0 Å². The molecule has 0 atom stereocenters. The van der Waals surface area contributed by atoms with Gasteiger partial charge in [0.05, 0.1) is 6.20 Å². The lowest BCUT2D eigenvalue weighted by Crippen LogP contribution is -2.33. The molecular formula is C14H18F3N5O. The van der Waals surface area contributed by atoms with Crippen LogP contribution in [0.5, 0.6) is 0 Å². The number of hydrogen-bond acceptors (Lipinski definition) is 4. The average Bonchev–Trinajstić information content (AvgIpc) is 2.92. The van der Waals surface area contributed by atoms with E-state index in [1.807, 2.05) is 19.2 Å². The maximum absolute atomic E-state index is 12.2. The number of nitrogens with zero attached hydrogens (tertiary/aromatic N) is 4. The summed E-state index contributed by atoms with van der Waals surface area (Å²) in [5.74, 6) is -0.846. The first-order valence-electron chi connectivity index (χ1n) is 7.23. The molecule has 2 aromatic heterocycles. The molecule has 0 aliphatic heterocycles. The van der Waals surface area contributed by atoms with E-state index in [1.165, 1.54) is 10.7 Å². The van der Waals surface area contributed by atoms with Gasteiger partial charge < -0.3 is 5.32 Å². The summed E-state index contributed by atoms with van der Waals surface area (Å²) in [6, 6.07) is 0. The zero-order chi connectivity index (χ0) is 17.0. The van der Waals surface area contributed by atoms with Gasteiger partial charge in [-0.1, -0.05) is 13.8 Å². The molecule has 0 radical (unpaired) electrons. The Morgan fingerprint density at radius 3 is 2.61 bits per heavy atom. The third kappa shape index (κ3) is 4.41. The molecule has 0 saturated carbocycles. The maximum Gasteiger partial charge on any atom is 0.405 e. The Labute approximate surface area is 131 Å². The Kier molecular flexibility index (Phi) is 5.19. The first-order chi connectivity index (χ1) is 10.8. The number of aromatic nitrogens is 3. The van der Waals surface area contributed by atoms with E-state index in [1.54, 1.807) is 12.4 Å². The molecule has 0 unspecified atom stereocenters. The Morgan fingerprint density at radius 2 is 2.00 bits per heavy atom. The van der Waals surface area contributed by atoms with E-state index in [2.05, 4.69) is 15.0 Å². The molecule has 0 aromatic carbocycles. The Balaban J connectivity index is 2.17. The van der Waals surface area contributed by atoms with Crippen molar-refractivity contribution in [1.82, 2.24) is 24.8 Å². The van der Waals surface area contributed by atoms with Gasteiger partial charge in [-0.25, -0.2) is 9.50 Å². The number of nitrogens with one attached hydrogen (secondary N) is 1. The predicted molar refractivity (Wildman–Crippen MR) is 78.0 cm³/mol. The summed E-state index contributed by atoms with van der Waals surface area (Å²) in [5.41, 5.74) is 1.16. The number of fused-ring (bicyclic) bond motifs is 1. The van der Waals surface area contributed by atoms with Gasteiger partial charge in [-0.2, -0.15) is 18.3 Å². The molecule has 1 N–H and O–H groups in total. The van der Waals surface area contributed by atoms with Crippen LogP contribution in [0.3, 0.4) is 0 Å². The standard InChI is InChI=1S/C14H18F3N5O/c1-3-21(4-2)7-10-5-18-12-11(6-20-22(12)8-10)13(23)19-9-14(15,16)17/h5-6,8H,3-4,7,9H2,1-2H3,(H,19,23). The normalized spacial score (nSPS) is 12.1. The number of amides is 1. The molecule has 0 fully saturated rings. The van der Waals surface area contributed by atoms with Gasteiger partial charge in [-0.05, 0) is 13.1 Å². The summed E-state index contributed by atoms with van der Waals surface area (Å²) in [6.45, 7) is 5.17. The monoisotopic (exact) mass is 329 g/mol. The Hall–Kier alpha value is -2.16. The minimum Gasteiger partial charge on any atom is -0.343 e. The number of hydrogen-bond donors (Lipinski definition) is 1. The van der Waals surface area contributed by atoms with Crippen molar-refractivity contribution in [3.63, 3.8) is 0 Å². The lowest BCUT2D eigenvalue weighted by atomic mass is 10.3. The highest BCUT2D eigenvalue weighted by molar-refractivity contribution is 5.99. The van der Waals surface area contributed by atoms with Crippen molar-refractivity contribution < 1.29 is 18.0 Å². The van der Waals surface area contributed by atoms with Gasteiger partial charge in [0.2, 0.25) is 0 Å². The number of rotatable bonds is 6. The molecule has 6 nitrogen and oxygen atoms in total. The van der Waals surface area contributed by atoms with Crippen LogP contribution < -0.4 is 5.32 Å². The van der Waals surface area contributed by atoms with E-state index in [-0.39, 0.29) is 11.2 Å². The van der Waals surface area contributed by atoms with Gasteiger partial charge in [0.25, 0.3) is 5.91 Å². The van der Waals surface area contributed by atoms with Gasteiger partial charge >= 0.3 is 6.18 Å². The number of carbonyl (C=O) groups excluding carboxylic acids is 1. The van der Waals surface area contributed by atoms with Gasteiger partial charge in [0.1, 0.15) is 12.1 Å². The Morgan fingerprint density at radius 1 is 1.30 bits per heavy atom. The van der Waals surface area contributed by atoms with Crippen LogP contribution in [-0.4, -0.2) is 51.2 Å². The molecule has 0 spiro atoms. The van der Waals surface area contributed by atoms with Crippen LogP contribution >= 0.6 is 0 Å². The number of carbonyl (C=O) groups is 1. The van der Waals surface area contributed by atoms with Crippen molar-refractivity contribution in [2.24, 2.45) is 0 Å². The smallest absolute Gasteiger partial charge is 0.343 e. The van der Waals surface area contributed by atoms with Gasteiger partial charge in [-0.3, -0.25) is 9.69 Å². The zero-order valence-corrected chi connectivity index (χ0v) is 12.9. The summed E-state index contributed by atoms with van der Waals surface area (Å²) in [5, 5.41) is 5.81. The highest BCUT2D eigenvalue weighted by Gasteiger charge is 2.28. The van der Waals surface area contributed by atoms with Crippen molar-refractivity contribution in [3.8, 4) is 0 Å².